The van der Waals surface area contributed by atoms with Crippen molar-refractivity contribution in [1.82, 2.24) is 20.0 Å². The van der Waals surface area contributed by atoms with E-state index < -0.39 is 6.10 Å². The average Bonchev–Trinajstić information content (AvgIpc) is 2.85. The molecule has 1 aromatic heterocycles. The van der Waals surface area contributed by atoms with Gasteiger partial charge >= 0.3 is 0 Å². The molecule has 2 N–H and O–H groups in total. The van der Waals surface area contributed by atoms with Gasteiger partial charge in [-0.3, -0.25) is 14.4 Å². The first-order valence-electron chi connectivity index (χ1n) is 7.42. The van der Waals surface area contributed by atoms with E-state index in [9.17, 15) is 9.90 Å². The van der Waals surface area contributed by atoms with Gasteiger partial charge in [-0.25, -0.2) is 0 Å². The highest BCUT2D eigenvalue weighted by atomic mass is 16.5. The number of aromatic nitrogens is 2. The summed E-state index contributed by atoms with van der Waals surface area (Å²) in [7, 11) is 0. The molecule has 1 saturated heterocycles. The molecule has 0 spiro atoms. The second-order valence-corrected chi connectivity index (χ2v) is 5.85. The van der Waals surface area contributed by atoms with Crippen LogP contribution in [0.3, 0.4) is 0 Å². The van der Waals surface area contributed by atoms with E-state index in [1.807, 2.05) is 13.1 Å². The van der Waals surface area contributed by atoms with Gasteiger partial charge in [0.2, 0.25) is 5.91 Å². The number of hydrogen-bond donors (Lipinski definition) is 2. The van der Waals surface area contributed by atoms with Crippen LogP contribution in [0.5, 0.6) is 0 Å². The lowest BCUT2D eigenvalue weighted by Crippen LogP contribution is -2.57. The molecule has 1 saturated carbocycles. The second-order valence-electron chi connectivity index (χ2n) is 5.85. The number of morpholine rings is 1. The standard InChI is InChI=1S/C14H22N4O3/c1-10-7-15-18(8-10)14-11(6-12(14)19)16-13(20)9-17-2-4-21-5-3-17/h7-8,11-12,14,19H,2-6,9H2,1H3,(H,16,20)/t11-,12+,14+/m0/s1. The Morgan fingerprint density at radius 3 is 2.90 bits per heavy atom. The van der Waals surface area contributed by atoms with Gasteiger partial charge in [0.25, 0.3) is 0 Å². The minimum absolute atomic E-state index is 0.00248. The first kappa shape index (κ1) is 14.5. The normalized spacial score (nSPS) is 29.9. The van der Waals surface area contributed by atoms with Gasteiger partial charge in [0, 0.05) is 19.3 Å². The van der Waals surface area contributed by atoms with Crippen molar-refractivity contribution in [2.45, 2.75) is 31.5 Å². The molecule has 2 heterocycles. The Morgan fingerprint density at radius 2 is 2.29 bits per heavy atom. The molecule has 1 amide bonds. The minimum Gasteiger partial charge on any atom is -0.391 e. The third kappa shape index (κ3) is 3.25. The van der Waals surface area contributed by atoms with E-state index in [1.165, 1.54) is 0 Å². The number of nitrogens with zero attached hydrogens (tertiary/aromatic N) is 3. The number of aliphatic hydroxyl groups excluding tert-OH is 1. The van der Waals surface area contributed by atoms with E-state index in [1.54, 1.807) is 10.9 Å². The van der Waals surface area contributed by atoms with Crippen LogP contribution in [0.4, 0.5) is 0 Å². The minimum atomic E-state index is -0.446. The van der Waals surface area contributed by atoms with Crippen LogP contribution in [0.1, 0.15) is 18.0 Å². The van der Waals surface area contributed by atoms with Gasteiger partial charge in [-0.2, -0.15) is 5.10 Å². The molecule has 7 nitrogen and oxygen atoms in total. The van der Waals surface area contributed by atoms with Gasteiger partial charge < -0.3 is 15.2 Å². The monoisotopic (exact) mass is 294 g/mol. The summed E-state index contributed by atoms with van der Waals surface area (Å²) >= 11 is 0. The zero-order valence-corrected chi connectivity index (χ0v) is 12.2. The summed E-state index contributed by atoms with van der Waals surface area (Å²) in [6, 6.07) is -0.208. The number of ether oxygens (including phenoxy) is 1. The first-order chi connectivity index (χ1) is 10.1. The van der Waals surface area contributed by atoms with E-state index in [0.29, 0.717) is 26.2 Å². The quantitative estimate of drug-likeness (QED) is 0.769. The Labute approximate surface area is 123 Å². The number of carbonyl (C=O) groups is 1. The topological polar surface area (TPSA) is 79.6 Å². The Bertz CT molecular complexity index is 498. The van der Waals surface area contributed by atoms with Crippen molar-refractivity contribution in [2.75, 3.05) is 32.8 Å². The van der Waals surface area contributed by atoms with Crippen LogP contribution in [0.2, 0.25) is 0 Å². The number of rotatable bonds is 4. The van der Waals surface area contributed by atoms with Gasteiger partial charge in [-0.1, -0.05) is 0 Å². The maximum absolute atomic E-state index is 12.1. The lowest BCUT2D eigenvalue weighted by atomic mass is 9.83. The van der Waals surface area contributed by atoms with E-state index in [-0.39, 0.29) is 18.0 Å². The van der Waals surface area contributed by atoms with E-state index in [4.69, 9.17) is 4.74 Å². The molecule has 1 aliphatic carbocycles. The van der Waals surface area contributed by atoms with Crippen molar-refractivity contribution in [3.05, 3.63) is 18.0 Å². The molecule has 1 aromatic rings. The summed E-state index contributed by atoms with van der Waals surface area (Å²) < 4.78 is 7.02. The molecule has 21 heavy (non-hydrogen) atoms. The molecule has 0 radical (unpaired) electrons. The summed E-state index contributed by atoms with van der Waals surface area (Å²) in [6.07, 6.45) is 3.79. The number of amides is 1. The van der Waals surface area contributed by atoms with Crippen LogP contribution < -0.4 is 5.32 Å². The molecular weight excluding hydrogens is 272 g/mol. The van der Waals surface area contributed by atoms with E-state index in [0.717, 1.165) is 18.7 Å². The molecule has 0 bridgehead atoms. The van der Waals surface area contributed by atoms with Crippen molar-refractivity contribution in [3.8, 4) is 0 Å². The van der Waals surface area contributed by atoms with Crippen LogP contribution >= 0.6 is 0 Å². The SMILES string of the molecule is Cc1cnn([C@H]2[C@H](O)C[C@@H]2NC(=O)CN2CCOCC2)c1. The maximum Gasteiger partial charge on any atom is 0.234 e. The molecule has 3 atom stereocenters. The number of nitrogens with one attached hydrogen (secondary N) is 1. The van der Waals surface area contributed by atoms with Gasteiger partial charge in [0.05, 0.1) is 44.1 Å². The van der Waals surface area contributed by atoms with Crippen molar-refractivity contribution in [3.63, 3.8) is 0 Å². The smallest absolute Gasteiger partial charge is 0.234 e. The Hall–Kier alpha value is -1.44. The second kappa shape index (κ2) is 6.13. The van der Waals surface area contributed by atoms with Crippen molar-refractivity contribution in [1.29, 1.82) is 0 Å². The molecular formula is C14H22N4O3. The van der Waals surface area contributed by atoms with Crippen LogP contribution in [0.15, 0.2) is 12.4 Å². The number of aliphatic hydroxyl groups is 1. The van der Waals surface area contributed by atoms with Gasteiger partial charge in [-0.15, -0.1) is 0 Å². The Morgan fingerprint density at radius 1 is 1.52 bits per heavy atom. The lowest BCUT2D eigenvalue weighted by Gasteiger charge is -2.42. The number of hydrogen-bond acceptors (Lipinski definition) is 5. The molecule has 2 aliphatic rings. The summed E-state index contributed by atoms with van der Waals surface area (Å²) in [5.74, 6) is 0.00248. The Kier molecular flexibility index (Phi) is 4.23. The third-order valence-electron chi connectivity index (χ3n) is 4.16. The van der Waals surface area contributed by atoms with Crippen LogP contribution in [0.25, 0.3) is 0 Å². The van der Waals surface area contributed by atoms with Crippen molar-refractivity contribution >= 4 is 5.91 Å². The van der Waals surface area contributed by atoms with Crippen LogP contribution in [-0.4, -0.2) is 70.7 Å². The van der Waals surface area contributed by atoms with Gasteiger partial charge in [0.15, 0.2) is 0 Å². The van der Waals surface area contributed by atoms with E-state index >= 15 is 0 Å². The predicted octanol–water partition coefficient (Wildman–Crippen LogP) is -0.686. The molecule has 2 fully saturated rings. The third-order valence-corrected chi connectivity index (χ3v) is 4.16. The summed E-state index contributed by atoms with van der Waals surface area (Å²) in [4.78, 5) is 14.2. The predicted molar refractivity (Wildman–Crippen MR) is 75.8 cm³/mol. The molecule has 1 aliphatic heterocycles. The number of carbonyl (C=O) groups excluding carboxylic acids is 1. The highest BCUT2D eigenvalue weighted by molar-refractivity contribution is 5.78. The van der Waals surface area contributed by atoms with Crippen molar-refractivity contribution in [2.24, 2.45) is 0 Å². The lowest BCUT2D eigenvalue weighted by molar-refractivity contribution is -0.126. The van der Waals surface area contributed by atoms with Crippen molar-refractivity contribution < 1.29 is 14.6 Å². The average molecular weight is 294 g/mol. The van der Waals surface area contributed by atoms with Gasteiger partial charge in [-0.05, 0) is 18.9 Å². The molecule has 3 rings (SSSR count). The largest absolute Gasteiger partial charge is 0.391 e. The summed E-state index contributed by atoms with van der Waals surface area (Å²) in [5.41, 5.74) is 1.05. The molecule has 116 valence electrons. The summed E-state index contributed by atoms with van der Waals surface area (Å²) in [6.45, 7) is 5.31. The molecule has 7 heteroatoms. The van der Waals surface area contributed by atoms with Crippen LogP contribution in [0, 0.1) is 6.92 Å². The molecule has 0 unspecified atom stereocenters. The first-order valence-corrected chi connectivity index (χ1v) is 7.42. The zero-order chi connectivity index (χ0) is 14.8. The highest BCUT2D eigenvalue weighted by Crippen LogP contribution is 2.32. The van der Waals surface area contributed by atoms with Crippen LogP contribution in [-0.2, 0) is 9.53 Å². The Balaban J connectivity index is 1.53. The fraction of sp³-hybridized carbons (Fsp3) is 0.714. The maximum atomic E-state index is 12.1. The zero-order valence-electron chi connectivity index (χ0n) is 12.2. The molecule has 0 aromatic carbocycles. The fourth-order valence-corrected chi connectivity index (χ4v) is 2.93. The number of aryl methyl sites for hydroxylation is 1. The van der Waals surface area contributed by atoms with E-state index in [2.05, 4.69) is 15.3 Å². The van der Waals surface area contributed by atoms with Gasteiger partial charge in [0.1, 0.15) is 0 Å². The summed E-state index contributed by atoms with van der Waals surface area (Å²) in [5, 5.41) is 17.2. The fourth-order valence-electron chi connectivity index (χ4n) is 2.93. The highest BCUT2D eigenvalue weighted by Gasteiger charge is 2.42.